The topological polar surface area (TPSA) is 43.9 Å². The summed E-state index contributed by atoms with van der Waals surface area (Å²) in [6, 6.07) is 14.0. The van der Waals surface area contributed by atoms with Crippen LogP contribution in [-0.4, -0.2) is 58.9 Å². The maximum Gasteiger partial charge on any atom is 0.327 e. The number of fused-ring (bicyclic) bond motifs is 1. The summed E-state index contributed by atoms with van der Waals surface area (Å²) in [5, 5.41) is 2.23. The highest BCUT2D eigenvalue weighted by Crippen LogP contribution is 2.38. The third-order valence-electron chi connectivity index (χ3n) is 5.96. The highest BCUT2D eigenvalue weighted by Gasteiger charge is 2.57. The molecule has 2 heterocycles. The van der Waals surface area contributed by atoms with Crippen molar-refractivity contribution in [3.63, 3.8) is 0 Å². The van der Waals surface area contributed by atoms with Gasteiger partial charge >= 0.3 is 6.03 Å². The van der Waals surface area contributed by atoms with Crippen LogP contribution in [0.1, 0.15) is 25.3 Å². The van der Waals surface area contributed by atoms with Gasteiger partial charge < -0.3 is 9.80 Å². The predicted molar refractivity (Wildman–Crippen MR) is 102 cm³/mol. The van der Waals surface area contributed by atoms with Crippen LogP contribution in [0.2, 0.25) is 0 Å². The zero-order chi connectivity index (χ0) is 18.3. The minimum atomic E-state index is -0.650. The largest absolute Gasteiger partial charge is 0.327 e. The molecule has 0 unspecified atom stereocenters. The summed E-state index contributed by atoms with van der Waals surface area (Å²) in [6.45, 7) is 4.56. The fourth-order valence-electron chi connectivity index (χ4n) is 4.43. The zero-order valence-electron chi connectivity index (χ0n) is 15.4. The van der Waals surface area contributed by atoms with E-state index in [0.717, 1.165) is 29.4 Å². The van der Waals surface area contributed by atoms with Crippen molar-refractivity contribution in [3.05, 3.63) is 48.0 Å². The van der Waals surface area contributed by atoms with Gasteiger partial charge in [0, 0.05) is 19.6 Å². The highest BCUT2D eigenvalue weighted by atomic mass is 16.2. The maximum absolute atomic E-state index is 13.4. The Kier molecular flexibility index (Phi) is 4.19. The molecule has 0 aliphatic carbocycles. The summed E-state index contributed by atoms with van der Waals surface area (Å²) in [5.74, 6) is -0.0228. The van der Waals surface area contributed by atoms with E-state index in [1.807, 2.05) is 31.2 Å². The second-order valence-electron chi connectivity index (χ2n) is 7.39. The van der Waals surface area contributed by atoms with Crippen LogP contribution in [0.4, 0.5) is 4.79 Å². The predicted octanol–water partition coefficient (Wildman–Crippen LogP) is 3.09. The number of hydrogen-bond acceptors (Lipinski definition) is 3. The van der Waals surface area contributed by atoms with E-state index in [1.54, 1.807) is 4.90 Å². The second-order valence-corrected chi connectivity index (χ2v) is 7.39. The Morgan fingerprint density at radius 1 is 1.00 bits per heavy atom. The Bertz CT molecular complexity index is 850. The fraction of sp³-hybridized carbons (Fsp3) is 0.429. The number of imide groups is 1. The van der Waals surface area contributed by atoms with Gasteiger partial charge in [0.05, 0.1) is 6.54 Å². The van der Waals surface area contributed by atoms with Gasteiger partial charge in [0.1, 0.15) is 5.54 Å². The SMILES string of the molecule is CCN1C(=O)N(Cc2cccc3ccccc23)C(=O)C12CCN(C)CC2. The molecule has 2 aromatic carbocycles. The normalized spacial score (nSPS) is 20.5. The van der Waals surface area contributed by atoms with E-state index in [2.05, 4.69) is 30.1 Å². The van der Waals surface area contributed by atoms with E-state index in [-0.39, 0.29) is 11.9 Å². The quantitative estimate of drug-likeness (QED) is 0.798. The van der Waals surface area contributed by atoms with E-state index >= 15 is 0 Å². The Morgan fingerprint density at radius 3 is 2.42 bits per heavy atom. The van der Waals surface area contributed by atoms with Gasteiger partial charge in [-0.15, -0.1) is 0 Å². The van der Waals surface area contributed by atoms with Crippen molar-refractivity contribution < 1.29 is 9.59 Å². The molecule has 0 N–H and O–H groups in total. The highest BCUT2D eigenvalue weighted by molar-refractivity contribution is 6.07. The van der Waals surface area contributed by atoms with Crippen molar-refractivity contribution in [2.75, 3.05) is 26.7 Å². The number of carbonyl (C=O) groups is 2. The van der Waals surface area contributed by atoms with E-state index in [0.29, 0.717) is 25.9 Å². The number of urea groups is 1. The Hall–Kier alpha value is -2.40. The summed E-state index contributed by atoms with van der Waals surface area (Å²) >= 11 is 0. The molecule has 2 aliphatic rings. The van der Waals surface area contributed by atoms with Gasteiger partial charge in [-0.25, -0.2) is 4.79 Å². The summed E-state index contributed by atoms with van der Waals surface area (Å²) in [5.41, 5.74) is 0.369. The van der Waals surface area contributed by atoms with Crippen molar-refractivity contribution in [1.82, 2.24) is 14.7 Å². The number of hydrogen-bond donors (Lipinski definition) is 0. The number of amides is 3. The zero-order valence-corrected chi connectivity index (χ0v) is 15.4. The Labute approximate surface area is 154 Å². The number of benzene rings is 2. The molecule has 5 heteroatoms. The molecule has 2 saturated heterocycles. The summed E-state index contributed by atoms with van der Waals surface area (Å²) in [7, 11) is 2.07. The van der Waals surface area contributed by atoms with Crippen molar-refractivity contribution >= 4 is 22.7 Å². The summed E-state index contributed by atoms with van der Waals surface area (Å²) in [4.78, 5) is 31.9. The Morgan fingerprint density at radius 2 is 1.69 bits per heavy atom. The molecule has 0 aromatic heterocycles. The first-order chi connectivity index (χ1) is 12.6. The standard InChI is InChI=1S/C21H25N3O2/c1-3-24-20(26)23(19(25)21(24)11-13-22(2)14-12-21)15-17-9-6-8-16-7-4-5-10-18(16)17/h4-10H,3,11-15H2,1-2H3. The number of likely N-dealkylation sites (N-methyl/N-ethyl adjacent to an activating group) is 1. The van der Waals surface area contributed by atoms with Crippen LogP contribution in [0.5, 0.6) is 0 Å². The van der Waals surface area contributed by atoms with Gasteiger partial charge in [-0.2, -0.15) is 0 Å². The van der Waals surface area contributed by atoms with E-state index in [9.17, 15) is 9.59 Å². The molecule has 3 amide bonds. The van der Waals surface area contributed by atoms with Crippen LogP contribution >= 0.6 is 0 Å². The third-order valence-corrected chi connectivity index (χ3v) is 5.96. The van der Waals surface area contributed by atoms with Crippen LogP contribution < -0.4 is 0 Å². The smallest absolute Gasteiger partial charge is 0.310 e. The van der Waals surface area contributed by atoms with Gasteiger partial charge in [-0.05, 0) is 43.1 Å². The monoisotopic (exact) mass is 351 g/mol. The molecule has 2 fully saturated rings. The fourth-order valence-corrected chi connectivity index (χ4v) is 4.43. The molecule has 0 atom stereocenters. The molecular formula is C21H25N3O2. The molecule has 0 saturated carbocycles. The maximum atomic E-state index is 13.4. The van der Waals surface area contributed by atoms with Crippen molar-refractivity contribution in [3.8, 4) is 0 Å². The lowest BCUT2D eigenvalue weighted by molar-refractivity contribution is -0.135. The number of carbonyl (C=O) groups excluding carboxylic acids is 2. The van der Waals surface area contributed by atoms with Crippen LogP contribution in [-0.2, 0) is 11.3 Å². The molecule has 2 aromatic rings. The van der Waals surface area contributed by atoms with Crippen LogP contribution in [0.25, 0.3) is 10.8 Å². The molecule has 26 heavy (non-hydrogen) atoms. The van der Waals surface area contributed by atoms with Gasteiger partial charge in [0.15, 0.2) is 0 Å². The lowest BCUT2D eigenvalue weighted by Crippen LogP contribution is -2.55. The first kappa shape index (κ1) is 17.0. The van der Waals surface area contributed by atoms with E-state index in [1.165, 1.54) is 4.90 Å². The average molecular weight is 351 g/mol. The van der Waals surface area contributed by atoms with Gasteiger partial charge in [-0.3, -0.25) is 9.69 Å². The number of rotatable bonds is 3. The lowest BCUT2D eigenvalue weighted by atomic mass is 9.86. The van der Waals surface area contributed by atoms with E-state index < -0.39 is 5.54 Å². The van der Waals surface area contributed by atoms with Crippen LogP contribution in [0.3, 0.4) is 0 Å². The molecule has 1 spiro atoms. The first-order valence-electron chi connectivity index (χ1n) is 9.35. The third kappa shape index (κ3) is 2.50. The van der Waals surface area contributed by atoms with Crippen LogP contribution in [0.15, 0.2) is 42.5 Å². The van der Waals surface area contributed by atoms with Crippen molar-refractivity contribution in [2.24, 2.45) is 0 Å². The number of nitrogens with zero attached hydrogens (tertiary/aromatic N) is 3. The summed E-state index contributed by atoms with van der Waals surface area (Å²) < 4.78 is 0. The van der Waals surface area contributed by atoms with Crippen molar-refractivity contribution in [2.45, 2.75) is 31.8 Å². The van der Waals surface area contributed by atoms with E-state index in [4.69, 9.17) is 0 Å². The lowest BCUT2D eigenvalue weighted by Gasteiger charge is -2.40. The molecule has 2 aliphatic heterocycles. The number of piperidine rings is 1. The van der Waals surface area contributed by atoms with Crippen molar-refractivity contribution in [1.29, 1.82) is 0 Å². The molecule has 0 radical (unpaired) electrons. The Balaban J connectivity index is 1.68. The van der Waals surface area contributed by atoms with Crippen LogP contribution in [0, 0.1) is 0 Å². The molecule has 136 valence electrons. The van der Waals surface area contributed by atoms with Gasteiger partial charge in [0.25, 0.3) is 5.91 Å². The number of likely N-dealkylation sites (tertiary alicyclic amines) is 1. The minimum absolute atomic E-state index is 0.0228. The summed E-state index contributed by atoms with van der Waals surface area (Å²) in [6.07, 6.45) is 1.43. The molecule has 0 bridgehead atoms. The van der Waals surface area contributed by atoms with Gasteiger partial charge in [0.2, 0.25) is 0 Å². The second kappa shape index (κ2) is 6.40. The molecule has 4 rings (SSSR count). The molecule has 5 nitrogen and oxygen atoms in total. The average Bonchev–Trinajstić information content (AvgIpc) is 2.85. The minimum Gasteiger partial charge on any atom is -0.310 e. The molecular weight excluding hydrogens is 326 g/mol. The van der Waals surface area contributed by atoms with Gasteiger partial charge in [-0.1, -0.05) is 42.5 Å². The first-order valence-corrected chi connectivity index (χ1v) is 9.35.